The first-order chi connectivity index (χ1) is 8.97. The lowest BCUT2D eigenvalue weighted by molar-refractivity contribution is -0.155. The molecular formula is C14H24N2O3. The van der Waals surface area contributed by atoms with Gasteiger partial charge in [-0.3, -0.25) is 9.59 Å². The highest BCUT2D eigenvalue weighted by Crippen LogP contribution is 2.38. The zero-order valence-electron chi connectivity index (χ0n) is 12.2. The second-order valence-corrected chi connectivity index (χ2v) is 6.06. The second-order valence-electron chi connectivity index (χ2n) is 6.06. The molecule has 3 atom stereocenters. The topological polar surface area (TPSA) is 58.6 Å². The van der Waals surface area contributed by atoms with Gasteiger partial charge >= 0.3 is 0 Å². The molecule has 19 heavy (non-hydrogen) atoms. The molecule has 1 saturated carbocycles. The molecule has 2 fully saturated rings. The molecule has 0 radical (unpaired) electrons. The fourth-order valence-corrected chi connectivity index (χ4v) is 2.84. The molecule has 2 aliphatic rings. The van der Waals surface area contributed by atoms with Crippen LogP contribution in [-0.2, 0) is 14.3 Å². The van der Waals surface area contributed by atoms with Gasteiger partial charge in [0.15, 0.2) is 0 Å². The van der Waals surface area contributed by atoms with Gasteiger partial charge in [-0.05, 0) is 31.6 Å². The van der Waals surface area contributed by atoms with Crippen molar-refractivity contribution in [1.82, 2.24) is 10.2 Å². The van der Waals surface area contributed by atoms with Crippen LogP contribution in [0.1, 0.15) is 33.6 Å². The van der Waals surface area contributed by atoms with Crippen molar-refractivity contribution in [2.45, 2.75) is 51.7 Å². The van der Waals surface area contributed by atoms with Crippen LogP contribution in [0, 0.1) is 11.8 Å². The standard InChI is InChI=1S/C14H24N2O3/c1-8(2)11-14(18)16(9(3)7-19-4)12(10-5-6-10)13(17)15-11/h8-12H,5-7H2,1-4H3,(H,15,17). The van der Waals surface area contributed by atoms with Crippen LogP contribution in [0.15, 0.2) is 0 Å². The van der Waals surface area contributed by atoms with Crippen molar-refractivity contribution in [1.29, 1.82) is 0 Å². The van der Waals surface area contributed by atoms with Gasteiger partial charge in [-0.15, -0.1) is 0 Å². The summed E-state index contributed by atoms with van der Waals surface area (Å²) in [4.78, 5) is 26.7. The van der Waals surface area contributed by atoms with Crippen molar-refractivity contribution in [3.05, 3.63) is 0 Å². The average molecular weight is 268 g/mol. The third kappa shape index (κ3) is 2.76. The molecule has 2 rings (SSSR count). The molecule has 108 valence electrons. The van der Waals surface area contributed by atoms with E-state index in [4.69, 9.17) is 4.74 Å². The summed E-state index contributed by atoms with van der Waals surface area (Å²) in [6.07, 6.45) is 2.07. The number of ether oxygens (including phenoxy) is 1. The molecule has 1 aliphatic carbocycles. The Hall–Kier alpha value is -1.10. The lowest BCUT2D eigenvalue weighted by Gasteiger charge is -2.43. The van der Waals surface area contributed by atoms with Gasteiger partial charge in [0.25, 0.3) is 0 Å². The van der Waals surface area contributed by atoms with Gasteiger partial charge < -0.3 is 15.0 Å². The van der Waals surface area contributed by atoms with Crippen LogP contribution in [0.4, 0.5) is 0 Å². The molecule has 0 bridgehead atoms. The summed E-state index contributed by atoms with van der Waals surface area (Å²) in [7, 11) is 1.62. The molecule has 3 unspecified atom stereocenters. The Kier molecular flexibility index (Phi) is 4.13. The molecule has 1 N–H and O–H groups in total. The predicted octanol–water partition coefficient (Wildman–Crippen LogP) is 0.783. The van der Waals surface area contributed by atoms with Crippen LogP contribution in [0.5, 0.6) is 0 Å². The average Bonchev–Trinajstić information content (AvgIpc) is 3.14. The van der Waals surface area contributed by atoms with Crippen LogP contribution < -0.4 is 5.32 Å². The Balaban J connectivity index is 2.24. The Morgan fingerprint density at radius 1 is 1.32 bits per heavy atom. The molecule has 0 aromatic rings. The van der Waals surface area contributed by atoms with E-state index in [2.05, 4.69) is 5.32 Å². The predicted molar refractivity (Wildman–Crippen MR) is 71.5 cm³/mol. The molecule has 0 aromatic carbocycles. The van der Waals surface area contributed by atoms with E-state index in [1.54, 1.807) is 12.0 Å². The molecular weight excluding hydrogens is 244 g/mol. The number of hydrogen-bond acceptors (Lipinski definition) is 3. The third-order valence-corrected chi connectivity index (χ3v) is 4.00. The zero-order valence-corrected chi connectivity index (χ0v) is 12.2. The normalized spacial score (nSPS) is 29.6. The monoisotopic (exact) mass is 268 g/mol. The summed E-state index contributed by atoms with van der Waals surface area (Å²) < 4.78 is 5.16. The number of carbonyl (C=O) groups excluding carboxylic acids is 2. The smallest absolute Gasteiger partial charge is 0.246 e. The van der Waals surface area contributed by atoms with Crippen molar-refractivity contribution < 1.29 is 14.3 Å². The number of methoxy groups -OCH3 is 1. The maximum Gasteiger partial charge on any atom is 0.246 e. The fraction of sp³-hybridized carbons (Fsp3) is 0.857. The molecule has 1 heterocycles. The Labute approximate surface area is 114 Å². The number of carbonyl (C=O) groups is 2. The SMILES string of the molecule is COCC(C)N1C(=O)C(C(C)C)NC(=O)C1C1CC1. The van der Waals surface area contributed by atoms with Crippen LogP contribution >= 0.6 is 0 Å². The molecule has 1 saturated heterocycles. The van der Waals surface area contributed by atoms with E-state index < -0.39 is 6.04 Å². The Bertz CT molecular complexity index is 366. The van der Waals surface area contributed by atoms with E-state index in [9.17, 15) is 9.59 Å². The summed E-state index contributed by atoms with van der Waals surface area (Å²) in [5, 5.41) is 2.89. The fourth-order valence-electron chi connectivity index (χ4n) is 2.84. The van der Waals surface area contributed by atoms with E-state index in [0.717, 1.165) is 12.8 Å². The number of piperazine rings is 1. The van der Waals surface area contributed by atoms with Gasteiger partial charge in [0.05, 0.1) is 12.6 Å². The van der Waals surface area contributed by atoms with Crippen molar-refractivity contribution in [3.63, 3.8) is 0 Å². The minimum Gasteiger partial charge on any atom is -0.383 e. The minimum absolute atomic E-state index is 0.00348. The highest BCUT2D eigenvalue weighted by atomic mass is 16.5. The minimum atomic E-state index is -0.401. The van der Waals surface area contributed by atoms with Crippen LogP contribution in [0.2, 0.25) is 0 Å². The van der Waals surface area contributed by atoms with E-state index in [1.807, 2.05) is 20.8 Å². The van der Waals surface area contributed by atoms with Gasteiger partial charge in [0, 0.05) is 7.11 Å². The van der Waals surface area contributed by atoms with E-state index in [-0.39, 0.29) is 29.8 Å². The highest BCUT2D eigenvalue weighted by Gasteiger charge is 2.49. The number of amides is 2. The molecule has 5 nitrogen and oxygen atoms in total. The van der Waals surface area contributed by atoms with Gasteiger partial charge in [-0.2, -0.15) is 0 Å². The summed E-state index contributed by atoms with van der Waals surface area (Å²) in [5.74, 6) is 0.477. The number of nitrogens with one attached hydrogen (secondary N) is 1. The summed E-state index contributed by atoms with van der Waals surface area (Å²) in [6.45, 7) is 6.33. The molecule has 1 aliphatic heterocycles. The number of rotatable bonds is 5. The first-order valence-corrected chi connectivity index (χ1v) is 7.08. The van der Waals surface area contributed by atoms with Crippen molar-refractivity contribution >= 4 is 11.8 Å². The van der Waals surface area contributed by atoms with Crippen molar-refractivity contribution in [2.75, 3.05) is 13.7 Å². The number of nitrogens with zero attached hydrogens (tertiary/aromatic N) is 1. The summed E-state index contributed by atoms with van der Waals surface area (Å²) >= 11 is 0. The number of hydrogen-bond donors (Lipinski definition) is 1. The first-order valence-electron chi connectivity index (χ1n) is 7.08. The first kappa shape index (κ1) is 14.3. The van der Waals surface area contributed by atoms with Gasteiger partial charge in [-0.1, -0.05) is 13.8 Å². The summed E-state index contributed by atoms with van der Waals surface area (Å²) in [5.41, 5.74) is 0. The van der Waals surface area contributed by atoms with Gasteiger partial charge in [0.2, 0.25) is 11.8 Å². The lowest BCUT2D eigenvalue weighted by atomic mass is 9.94. The second kappa shape index (κ2) is 5.49. The maximum atomic E-state index is 12.6. The van der Waals surface area contributed by atoms with Crippen molar-refractivity contribution in [2.24, 2.45) is 11.8 Å². The maximum absolute atomic E-state index is 12.6. The molecule has 0 spiro atoms. The Morgan fingerprint density at radius 2 is 1.95 bits per heavy atom. The van der Waals surface area contributed by atoms with Crippen LogP contribution in [-0.4, -0.2) is 48.6 Å². The lowest BCUT2D eigenvalue weighted by Crippen LogP contribution is -2.67. The summed E-state index contributed by atoms with van der Waals surface area (Å²) in [6, 6.07) is -0.759. The van der Waals surface area contributed by atoms with Crippen LogP contribution in [0.3, 0.4) is 0 Å². The third-order valence-electron chi connectivity index (χ3n) is 4.00. The van der Waals surface area contributed by atoms with Crippen molar-refractivity contribution in [3.8, 4) is 0 Å². The van der Waals surface area contributed by atoms with Gasteiger partial charge in [-0.25, -0.2) is 0 Å². The molecule has 0 aromatic heterocycles. The zero-order chi connectivity index (χ0) is 14.2. The highest BCUT2D eigenvalue weighted by molar-refractivity contribution is 5.97. The largest absolute Gasteiger partial charge is 0.383 e. The molecule has 5 heteroatoms. The van der Waals surface area contributed by atoms with E-state index in [1.165, 1.54) is 0 Å². The quantitative estimate of drug-likeness (QED) is 0.801. The molecule has 2 amide bonds. The Morgan fingerprint density at radius 3 is 2.42 bits per heavy atom. The van der Waals surface area contributed by atoms with Crippen LogP contribution in [0.25, 0.3) is 0 Å². The van der Waals surface area contributed by atoms with E-state index >= 15 is 0 Å². The van der Waals surface area contributed by atoms with E-state index in [0.29, 0.717) is 12.5 Å². The van der Waals surface area contributed by atoms with Gasteiger partial charge in [0.1, 0.15) is 12.1 Å².